The molecule has 102 valence electrons. The highest BCUT2D eigenvalue weighted by molar-refractivity contribution is 5.09. The van der Waals surface area contributed by atoms with Gasteiger partial charge in [-0.25, -0.2) is 0 Å². The predicted octanol–water partition coefficient (Wildman–Crippen LogP) is 2.33. The number of hydrogen-bond acceptors (Lipinski definition) is 3. The lowest BCUT2D eigenvalue weighted by Crippen LogP contribution is -2.35. The smallest absolute Gasteiger partial charge is 0.0728 e. The molecule has 1 N–H and O–H groups in total. The van der Waals surface area contributed by atoms with Gasteiger partial charge in [0.1, 0.15) is 0 Å². The van der Waals surface area contributed by atoms with Crippen molar-refractivity contribution >= 4 is 0 Å². The lowest BCUT2D eigenvalue weighted by atomic mass is 9.66. The van der Waals surface area contributed by atoms with Gasteiger partial charge >= 0.3 is 0 Å². The number of hydrogen-bond donors (Lipinski definition) is 1. The number of aryl methyl sites for hydroxylation is 1. The molecule has 1 saturated carbocycles. The van der Waals surface area contributed by atoms with Gasteiger partial charge in [0, 0.05) is 13.0 Å². The molecule has 4 heteroatoms. The number of rotatable bonds is 4. The first-order valence-corrected chi connectivity index (χ1v) is 7.09. The molecule has 18 heavy (non-hydrogen) atoms. The van der Waals surface area contributed by atoms with Crippen molar-refractivity contribution in [2.24, 2.45) is 18.4 Å². The third-order valence-corrected chi connectivity index (χ3v) is 4.32. The van der Waals surface area contributed by atoms with Crippen LogP contribution in [-0.2, 0) is 7.05 Å². The van der Waals surface area contributed by atoms with Crippen molar-refractivity contribution in [2.45, 2.75) is 46.0 Å². The van der Waals surface area contributed by atoms with Crippen molar-refractivity contribution in [3.05, 3.63) is 11.9 Å². The lowest BCUT2D eigenvalue weighted by molar-refractivity contribution is 0.155. The molecule has 0 bridgehead atoms. The normalized spacial score (nSPS) is 27.3. The van der Waals surface area contributed by atoms with Gasteiger partial charge in [-0.15, -0.1) is 5.10 Å². The summed E-state index contributed by atoms with van der Waals surface area (Å²) in [6.45, 7) is 9.10. The fourth-order valence-electron chi connectivity index (χ4n) is 3.19. The second kappa shape index (κ2) is 5.39. The van der Waals surface area contributed by atoms with E-state index in [1.165, 1.54) is 25.0 Å². The first kappa shape index (κ1) is 13.5. The van der Waals surface area contributed by atoms with E-state index in [4.69, 9.17) is 0 Å². The van der Waals surface area contributed by atoms with Gasteiger partial charge in [0.25, 0.3) is 0 Å². The Bertz CT molecular complexity index is 383. The summed E-state index contributed by atoms with van der Waals surface area (Å²) < 4.78 is 1.95. The molecule has 0 aliphatic heterocycles. The van der Waals surface area contributed by atoms with Crippen LogP contribution < -0.4 is 5.32 Å². The van der Waals surface area contributed by atoms with Crippen LogP contribution in [-0.4, -0.2) is 28.1 Å². The molecular weight excluding hydrogens is 224 g/mol. The fourth-order valence-corrected chi connectivity index (χ4v) is 3.19. The zero-order valence-electron chi connectivity index (χ0n) is 12.1. The highest BCUT2D eigenvalue weighted by Crippen LogP contribution is 2.46. The van der Waals surface area contributed by atoms with Crippen molar-refractivity contribution in [2.75, 3.05) is 13.1 Å². The minimum Gasteiger partial charge on any atom is -0.317 e. The maximum atomic E-state index is 4.10. The molecule has 1 aliphatic rings. The Hall–Kier alpha value is -0.900. The van der Waals surface area contributed by atoms with Crippen molar-refractivity contribution < 1.29 is 0 Å². The van der Waals surface area contributed by atoms with Gasteiger partial charge < -0.3 is 5.32 Å². The molecule has 1 fully saturated rings. The molecule has 0 saturated heterocycles. The standard InChI is InChI=1S/C14H26N4/c1-5-15-9-11-6-7-14(2,3)8-12(11)13-10-16-17-18(13)4/h10-12,15H,5-9H2,1-4H3. The van der Waals surface area contributed by atoms with E-state index in [0.29, 0.717) is 11.3 Å². The molecule has 1 aromatic heterocycles. The van der Waals surface area contributed by atoms with Gasteiger partial charge in [0.05, 0.1) is 11.9 Å². The Kier molecular flexibility index (Phi) is 4.05. The molecule has 1 aliphatic carbocycles. The van der Waals surface area contributed by atoms with Crippen LogP contribution >= 0.6 is 0 Å². The predicted molar refractivity (Wildman–Crippen MR) is 73.4 cm³/mol. The highest BCUT2D eigenvalue weighted by Gasteiger charge is 2.36. The topological polar surface area (TPSA) is 42.7 Å². The van der Waals surface area contributed by atoms with Gasteiger partial charge in [-0.1, -0.05) is 26.0 Å². The van der Waals surface area contributed by atoms with E-state index in [1.807, 2.05) is 17.9 Å². The van der Waals surface area contributed by atoms with Crippen LogP contribution in [0, 0.1) is 11.3 Å². The van der Waals surface area contributed by atoms with Crippen LogP contribution in [0.25, 0.3) is 0 Å². The average molecular weight is 250 g/mol. The molecule has 1 aromatic rings. The van der Waals surface area contributed by atoms with E-state index >= 15 is 0 Å². The third kappa shape index (κ3) is 2.91. The van der Waals surface area contributed by atoms with Gasteiger partial charge in [-0.05, 0) is 43.7 Å². The van der Waals surface area contributed by atoms with Crippen molar-refractivity contribution in [1.29, 1.82) is 0 Å². The highest BCUT2D eigenvalue weighted by atomic mass is 15.4. The third-order valence-electron chi connectivity index (χ3n) is 4.32. The fraction of sp³-hybridized carbons (Fsp3) is 0.857. The van der Waals surface area contributed by atoms with E-state index in [9.17, 15) is 0 Å². The molecule has 2 rings (SSSR count). The molecule has 2 unspecified atom stereocenters. The van der Waals surface area contributed by atoms with Crippen LogP contribution in [0.3, 0.4) is 0 Å². The summed E-state index contributed by atoms with van der Waals surface area (Å²) in [6.07, 6.45) is 5.82. The summed E-state index contributed by atoms with van der Waals surface area (Å²) in [7, 11) is 2.01. The second-order valence-electron chi connectivity index (χ2n) is 6.36. The molecule has 1 heterocycles. The number of aromatic nitrogens is 3. The van der Waals surface area contributed by atoms with E-state index < -0.39 is 0 Å². The Labute approximate surface area is 110 Å². The molecule has 0 aromatic carbocycles. The van der Waals surface area contributed by atoms with E-state index in [0.717, 1.165) is 19.0 Å². The van der Waals surface area contributed by atoms with E-state index in [2.05, 4.69) is 36.4 Å². The Morgan fingerprint density at radius 2 is 2.28 bits per heavy atom. The first-order valence-electron chi connectivity index (χ1n) is 7.09. The quantitative estimate of drug-likeness (QED) is 0.892. The number of nitrogens with one attached hydrogen (secondary N) is 1. The van der Waals surface area contributed by atoms with Gasteiger partial charge in [0.2, 0.25) is 0 Å². The molecule has 0 amide bonds. The summed E-state index contributed by atoms with van der Waals surface area (Å²) in [5.41, 5.74) is 1.74. The molecule has 2 atom stereocenters. The minimum atomic E-state index is 0.442. The van der Waals surface area contributed by atoms with Crippen LogP contribution in [0.4, 0.5) is 0 Å². The van der Waals surface area contributed by atoms with Crippen molar-refractivity contribution in [1.82, 2.24) is 20.3 Å². The minimum absolute atomic E-state index is 0.442. The molecule has 4 nitrogen and oxygen atoms in total. The first-order chi connectivity index (χ1) is 8.53. The number of nitrogens with zero attached hydrogens (tertiary/aromatic N) is 3. The average Bonchev–Trinajstić information content (AvgIpc) is 2.73. The zero-order valence-corrected chi connectivity index (χ0v) is 12.1. The molecule has 0 spiro atoms. The van der Waals surface area contributed by atoms with Gasteiger partial charge in [-0.3, -0.25) is 4.68 Å². The van der Waals surface area contributed by atoms with Gasteiger partial charge in [0.15, 0.2) is 0 Å². The van der Waals surface area contributed by atoms with E-state index in [-0.39, 0.29) is 0 Å². The monoisotopic (exact) mass is 250 g/mol. The Morgan fingerprint density at radius 3 is 2.89 bits per heavy atom. The molecular formula is C14H26N4. The summed E-state index contributed by atoms with van der Waals surface area (Å²) >= 11 is 0. The molecule has 0 radical (unpaired) electrons. The van der Waals surface area contributed by atoms with Gasteiger partial charge in [-0.2, -0.15) is 0 Å². The maximum absolute atomic E-state index is 4.10. The van der Waals surface area contributed by atoms with Crippen LogP contribution in [0.5, 0.6) is 0 Å². The largest absolute Gasteiger partial charge is 0.317 e. The summed E-state index contributed by atoms with van der Waals surface area (Å²) in [5.74, 6) is 1.31. The summed E-state index contributed by atoms with van der Waals surface area (Å²) in [6, 6.07) is 0. The Balaban J connectivity index is 2.17. The zero-order chi connectivity index (χ0) is 13.2. The SMILES string of the molecule is CCNCC1CCC(C)(C)CC1c1cnnn1C. The summed E-state index contributed by atoms with van der Waals surface area (Å²) in [5, 5.41) is 11.7. The van der Waals surface area contributed by atoms with Crippen LogP contribution in [0.15, 0.2) is 6.20 Å². The maximum Gasteiger partial charge on any atom is 0.0728 e. The van der Waals surface area contributed by atoms with Crippen molar-refractivity contribution in [3.63, 3.8) is 0 Å². The van der Waals surface area contributed by atoms with Crippen LogP contribution in [0.2, 0.25) is 0 Å². The Morgan fingerprint density at radius 1 is 1.50 bits per heavy atom. The van der Waals surface area contributed by atoms with Crippen LogP contribution in [0.1, 0.15) is 51.6 Å². The summed E-state index contributed by atoms with van der Waals surface area (Å²) in [4.78, 5) is 0. The van der Waals surface area contributed by atoms with E-state index in [1.54, 1.807) is 0 Å². The lowest BCUT2D eigenvalue weighted by Gasteiger charge is -2.40. The second-order valence-corrected chi connectivity index (χ2v) is 6.36. The van der Waals surface area contributed by atoms with Crippen molar-refractivity contribution in [3.8, 4) is 0 Å².